The molecule has 1 spiro atoms. The highest BCUT2D eigenvalue weighted by molar-refractivity contribution is 6.32. The van der Waals surface area contributed by atoms with Gasteiger partial charge in [-0.05, 0) is 121 Å². The molecule has 6 heterocycles. The lowest BCUT2D eigenvalue weighted by Crippen LogP contribution is -2.61. The van der Waals surface area contributed by atoms with E-state index in [0.29, 0.717) is 19.4 Å². The van der Waals surface area contributed by atoms with Crippen LogP contribution in [0.2, 0.25) is 10.0 Å². The first-order chi connectivity index (χ1) is 30.1. The summed E-state index contributed by atoms with van der Waals surface area (Å²) >= 11 is 14.3. The SMILES string of the molecule is CO[C@@H](C)C1NC2CCN(CC2)CC23c4ccccc4C(c4ccc(Cl)cc42)C32C3c4ccccc4C2(CN2CCC(CC2)N(C[C@H](C)OC)C(=O)C(=O)O1)c1cc(Cl)ccc13. The van der Waals surface area contributed by atoms with Gasteiger partial charge in [0.1, 0.15) is 6.10 Å². The summed E-state index contributed by atoms with van der Waals surface area (Å²) in [6.45, 7) is 8.95. The van der Waals surface area contributed by atoms with Crippen LogP contribution in [0.3, 0.4) is 0 Å². The Balaban J connectivity index is 1.13. The topological polar surface area (TPSA) is 83.6 Å². The average Bonchev–Trinajstić information content (AvgIpc) is 3.88. The lowest BCUT2D eigenvalue weighted by atomic mass is 9.49. The van der Waals surface area contributed by atoms with Crippen LogP contribution in [0.4, 0.5) is 0 Å². The molecule has 324 valence electrons. The molecule has 6 saturated heterocycles. The average molecular weight is 876 g/mol. The van der Waals surface area contributed by atoms with Gasteiger partial charge in [0.15, 0.2) is 6.23 Å². The molecule has 1 N–H and O–H groups in total. The van der Waals surface area contributed by atoms with Crippen molar-refractivity contribution >= 4 is 35.1 Å². The maximum absolute atomic E-state index is 14.3. The van der Waals surface area contributed by atoms with Crippen molar-refractivity contribution in [3.8, 4) is 0 Å². The van der Waals surface area contributed by atoms with E-state index in [1.54, 1.807) is 19.1 Å². The molecule has 4 aromatic carbocycles. The molecule has 9 nitrogen and oxygen atoms in total. The van der Waals surface area contributed by atoms with E-state index in [-0.39, 0.29) is 35.4 Å². The van der Waals surface area contributed by atoms with Crippen molar-refractivity contribution in [2.75, 3.05) is 60.0 Å². The van der Waals surface area contributed by atoms with Gasteiger partial charge in [-0.1, -0.05) is 83.9 Å². The van der Waals surface area contributed by atoms with Gasteiger partial charge >= 0.3 is 11.9 Å². The number of benzene rings is 4. The Kier molecular flexibility index (Phi) is 10.0. The number of piperidine rings is 2. The first kappa shape index (κ1) is 40.9. The van der Waals surface area contributed by atoms with Gasteiger partial charge in [-0.3, -0.25) is 10.1 Å². The summed E-state index contributed by atoms with van der Waals surface area (Å²) in [5.41, 5.74) is 9.90. The van der Waals surface area contributed by atoms with Crippen molar-refractivity contribution in [3.63, 3.8) is 0 Å². The van der Waals surface area contributed by atoms with Crippen LogP contribution in [0.5, 0.6) is 0 Å². The number of carbonyl (C=O) groups excluding carboxylic acids is 2. The third-order valence-electron chi connectivity index (χ3n) is 16.6. The Morgan fingerprint density at radius 2 is 1.19 bits per heavy atom. The first-order valence-corrected chi connectivity index (χ1v) is 23.4. The van der Waals surface area contributed by atoms with E-state index in [1.165, 1.54) is 44.5 Å². The zero-order valence-electron chi connectivity index (χ0n) is 36.0. The highest BCUT2D eigenvalue weighted by Crippen LogP contribution is 2.87. The third-order valence-corrected chi connectivity index (χ3v) is 17.1. The maximum atomic E-state index is 14.3. The fourth-order valence-electron chi connectivity index (χ4n) is 14.2. The van der Waals surface area contributed by atoms with Crippen LogP contribution in [0.15, 0.2) is 84.9 Å². The molecule has 1 amide bonds. The Labute approximate surface area is 375 Å². The van der Waals surface area contributed by atoms with Crippen LogP contribution < -0.4 is 5.32 Å². The van der Waals surface area contributed by atoms with Crippen molar-refractivity contribution in [1.82, 2.24) is 20.0 Å². The number of esters is 1. The van der Waals surface area contributed by atoms with E-state index in [2.05, 4.69) is 100 Å². The van der Waals surface area contributed by atoms with Crippen LogP contribution in [0.1, 0.15) is 95.9 Å². The molecule has 11 heteroatoms. The molecule has 6 aliphatic heterocycles. The molecule has 8 bridgehead atoms. The van der Waals surface area contributed by atoms with E-state index >= 15 is 0 Å². The number of nitrogens with zero attached hydrogens (tertiary/aromatic N) is 3. The highest BCUT2D eigenvalue weighted by atomic mass is 35.5. The molecule has 0 radical (unpaired) electrons. The Morgan fingerprint density at radius 3 is 1.71 bits per heavy atom. The summed E-state index contributed by atoms with van der Waals surface area (Å²) in [6.07, 6.45) is 1.58. The second kappa shape index (κ2) is 15.2. The van der Waals surface area contributed by atoms with Crippen molar-refractivity contribution in [3.05, 3.63) is 139 Å². The summed E-state index contributed by atoms with van der Waals surface area (Å²) < 4.78 is 17.5. The van der Waals surface area contributed by atoms with Gasteiger partial charge in [0, 0.05) is 97.2 Å². The summed E-state index contributed by atoms with van der Waals surface area (Å²) in [6, 6.07) is 32.1. The normalized spacial score (nSPS) is 35.1. The summed E-state index contributed by atoms with van der Waals surface area (Å²) in [5.74, 6) is -1.29. The number of amides is 1. The largest absolute Gasteiger partial charge is 0.437 e. The Morgan fingerprint density at radius 1 is 0.694 bits per heavy atom. The van der Waals surface area contributed by atoms with Crippen LogP contribution in [-0.4, -0.2) is 117 Å². The zero-order chi connectivity index (χ0) is 42.7. The molecule has 6 unspecified atom stereocenters. The minimum atomic E-state index is -0.861. The van der Waals surface area contributed by atoms with Gasteiger partial charge in [0.2, 0.25) is 0 Å². The van der Waals surface area contributed by atoms with E-state index in [1.807, 2.05) is 13.8 Å². The lowest BCUT2D eigenvalue weighted by Gasteiger charge is -2.55. The van der Waals surface area contributed by atoms with E-state index < -0.39 is 35.0 Å². The first-order valence-electron chi connectivity index (χ1n) is 22.6. The maximum Gasteiger partial charge on any atom is 0.398 e. The van der Waals surface area contributed by atoms with Crippen LogP contribution in [0.25, 0.3) is 0 Å². The molecule has 10 aliphatic rings. The smallest absolute Gasteiger partial charge is 0.398 e. The molecule has 4 aromatic rings. The molecule has 14 rings (SSSR count). The number of rotatable bonds is 5. The van der Waals surface area contributed by atoms with Gasteiger partial charge in [0.05, 0.1) is 6.10 Å². The second-order valence-electron chi connectivity index (χ2n) is 19.2. The fraction of sp³-hybridized carbons (Fsp3) is 0.490. The number of halogens is 2. The van der Waals surface area contributed by atoms with Crippen molar-refractivity contribution in [2.24, 2.45) is 5.41 Å². The number of hydrogen-bond acceptors (Lipinski definition) is 8. The van der Waals surface area contributed by atoms with Crippen molar-refractivity contribution in [1.29, 1.82) is 0 Å². The highest BCUT2D eigenvalue weighted by Gasteiger charge is 2.84. The van der Waals surface area contributed by atoms with Crippen LogP contribution >= 0.6 is 23.2 Å². The summed E-state index contributed by atoms with van der Waals surface area (Å²) in [4.78, 5) is 35.3. The predicted octanol–water partition coefficient (Wildman–Crippen LogP) is 7.47. The quantitative estimate of drug-likeness (QED) is 0.164. The number of ether oxygens (including phenoxy) is 3. The summed E-state index contributed by atoms with van der Waals surface area (Å²) in [7, 11) is 3.26. The minimum absolute atomic E-state index is 0.0527. The third kappa shape index (κ3) is 5.52. The molecule has 8 atom stereocenters. The van der Waals surface area contributed by atoms with Crippen molar-refractivity contribution in [2.45, 2.75) is 92.7 Å². The van der Waals surface area contributed by atoms with E-state index in [4.69, 9.17) is 37.4 Å². The lowest BCUT2D eigenvalue weighted by molar-refractivity contribution is -0.173. The molecule has 0 aromatic heterocycles. The molecular weight excluding hydrogens is 819 g/mol. The molecular formula is C51H56Cl2N4O5. The molecule has 6 fully saturated rings. The second-order valence-corrected chi connectivity index (χ2v) is 20.1. The molecule has 62 heavy (non-hydrogen) atoms. The summed E-state index contributed by atoms with van der Waals surface area (Å²) in [5, 5.41) is 5.16. The van der Waals surface area contributed by atoms with Gasteiger partial charge in [-0.15, -0.1) is 0 Å². The van der Waals surface area contributed by atoms with Crippen molar-refractivity contribution < 1.29 is 23.8 Å². The monoisotopic (exact) mass is 874 g/mol. The van der Waals surface area contributed by atoms with Gasteiger partial charge in [0.25, 0.3) is 0 Å². The van der Waals surface area contributed by atoms with E-state index in [0.717, 1.165) is 62.2 Å². The van der Waals surface area contributed by atoms with Gasteiger partial charge in [-0.25, -0.2) is 4.79 Å². The fourth-order valence-corrected chi connectivity index (χ4v) is 14.5. The van der Waals surface area contributed by atoms with Gasteiger partial charge in [-0.2, -0.15) is 0 Å². The molecule has 0 saturated carbocycles. The standard InChI is InChI=1S/C51H56Cl2N4O5/c1-30(60-3)27-57-35-19-23-56(24-20-35)29-50-41-12-8-6-10-37(41)45(39-16-14-33(53)26-43(39)50)51(50)44-36-9-5-7-11-40(36)49(51,42-25-32(52)13-15-38(42)44)28-55-21-17-34(18-22-55)54-46(31(2)61-4)62-48(59)47(57)58/h5-16,25-26,30-31,34-35,44-46,54H,17-24,27-29H2,1-4H3/t30-,31-,44?,45?,46?,49?,50?,51?/m0/s1. The van der Waals surface area contributed by atoms with E-state index in [9.17, 15) is 9.59 Å². The minimum Gasteiger partial charge on any atom is -0.437 e. The zero-order valence-corrected chi connectivity index (χ0v) is 37.6. The van der Waals surface area contributed by atoms with Gasteiger partial charge < -0.3 is 28.9 Å². The number of nitrogens with one attached hydrogen (secondary N) is 1. The number of carbonyl (C=O) groups is 2. The number of fused-ring (bicyclic) bond motifs is 8. The van der Waals surface area contributed by atoms with Crippen LogP contribution in [0, 0.1) is 5.41 Å². The predicted molar refractivity (Wildman–Crippen MR) is 240 cm³/mol. The Hall–Kier alpha value is -3.80. The number of hydrogen-bond donors (Lipinski definition) is 1. The number of methoxy groups -OCH3 is 2. The molecule has 4 aliphatic carbocycles. The Bertz CT molecular complexity index is 2450. The van der Waals surface area contributed by atoms with Crippen LogP contribution in [-0.2, 0) is 34.6 Å².